The molecule has 0 spiro atoms. The Kier molecular flexibility index (Phi) is 7.41. The van der Waals surface area contributed by atoms with E-state index in [9.17, 15) is 28.8 Å². The Balaban J connectivity index is 2.19. The molecule has 0 radical (unpaired) electrons. The third-order valence-corrected chi connectivity index (χ3v) is 5.58. The summed E-state index contributed by atoms with van der Waals surface area (Å²) in [5.74, 6) is -0.647. The van der Waals surface area contributed by atoms with Gasteiger partial charge in [-0.1, -0.05) is 35.5 Å². The first-order valence-electron chi connectivity index (χ1n) is 7.80. The monoisotopic (exact) mass is 407 g/mol. The van der Waals surface area contributed by atoms with E-state index in [0.717, 1.165) is 17.3 Å². The fourth-order valence-corrected chi connectivity index (χ4v) is 4.26. The first-order valence-corrected chi connectivity index (χ1v) is 10.0. The van der Waals surface area contributed by atoms with E-state index in [4.69, 9.17) is 4.55 Å². The Bertz CT molecular complexity index is 710. The Morgan fingerprint density at radius 2 is 1.81 bits per heavy atom. The summed E-state index contributed by atoms with van der Waals surface area (Å²) in [6.45, 7) is -0.380. The zero-order valence-electron chi connectivity index (χ0n) is 13.6. The number of benzene rings is 1. The molecule has 2 rings (SSSR count). The van der Waals surface area contributed by atoms with Crippen molar-refractivity contribution in [2.24, 2.45) is 11.1 Å². The van der Waals surface area contributed by atoms with Crippen molar-refractivity contribution in [2.75, 3.05) is 6.61 Å². The molecule has 5 atom stereocenters. The number of aliphatic hydroxyl groups excluding tert-OH is 4. The van der Waals surface area contributed by atoms with Gasteiger partial charge in [-0.15, -0.1) is 11.8 Å². The van der Waals surface area contributed by atoms with Crippen molar-refractivity contribution in [3.05, 3.63) is 35.9 Å². The summed E-state index contributed by atoms with van der Waals surface area (Å²) in [5, 5.41) is 42.2. The smallest absolute Gasteiger partial charge is 0.396 e. The van der Waals surface area contributed by atoms with Gasteiger partial charge in [0.15, 0.2) is 0 Å². The van der Waals surface area contributed by atoms with Gasteiger partial charge in [0.1, 0.15) is 11.1 Å². The minimum atomic E-state index is -4.79. The highest BCUT2D eigenvalue weighted by Gasteiger charge is 2.43. The summed E-state index contributed by atoms with van der Waals surface area (Å²) in [6, 6.07) is 8.90. The molecule has 9 nitrogen and oxygen atoms in total. The molecule has 1 aliphatic rings. The Labute approximate surface area is 155 Å². The number of nitrogens with zero attached hydrogens (tertiary/aromatic N) is 1. The number of aliphatic hydroxyl groups is 4. The highest BCUT2D eigenvalue weighted by molar-refractivity contribution is 8.14. The molecule has 0 amide bonds. The van der Waals surface area contributed by atoms with Crippen molar-refractivity contribution in [3.63, 3.8) is 0 Å². The van der Waals surface area contributed by atoms with Gasteiger partial charge in [0.25, 0.3) is 0 Å². The van der Waals surface area contributed by atoms with E-state index in [-0.39, 0.29) is 24.5 Å². The SMILES string of the molecule is O=S(=O)(O)O/N=C(\Cc1ccccc1)S[C@H]1C[C@@H](CO)[C@H](O)[C@@H](O)[C@@H]1O. The molecule has 146 valence electrons. The maximum Gasteiger partial charge on any atom is 0.466 e. The summed E-state index contributed by atoms with van der Waals surface area (Å²) >= 11 is 0.951. The second kappa shape index (κ2) is 9.13. The van der Waals surface area contributed by atoms with E-state index < -0.39 is 39.9 Å². The van der Waals surface area contributed by atoms with Crippen molar-refractivity contribution in [1.29, 1.82) is 0 Å². The standard InChI is InChI=1S/C15H21NO8S2/c17-8-10-7-11(14(19)15(20)13(10)18)25-12(16-24-26(21,22)23)6-9-4-2-1-3-5-9/h1-5,10-11,13-15,17-20H,6-8H2,(H,21,22,23)/b16-12+/t10-,11-,13-,14+,15+/m0/s1. The van der Waals surface area contributed by atoms with Gasteiger partial charge < -0.3 is 20.4 Å². The van der Waals surface area contributed by atoms with Crippen LogP contribution in [0.4, 0.5) is 0 Å². The predicted molar refractivity (Wildman–Crippen MR) is 94.8 cm³/mol. The number of rotatable bonds is 6. The van der Waals surface area contributed by atoms with E-state index in [2.05, 4.69) is 9.44 Å². The molecule has 1 aliphatic carbocycles. The van der Waals surface area contributed by atoms with Gasteiger partial charge in [-0.2, -0.15) is 8.42 Å². The highest BCUT2D eigenvalue weighted by atomic mass is 32.3. The van der Waals surface area contributed by atoms with Gasteiger partial charge >= 0.3 is 10.4 Å². The Morgan fingerprint density at radius 3 is 2.38 bits per heavy atom. The molecule has 0 aliphatic heterocycles. The Morgan fingerprint density at radius 1 is 1.15 bits per heavy atom. The van der Waals surface area contributed by atoms with Gasteiger partial charge in [-0.05, 0) is 12.0 Å². The molecule has 0 bridgehead atoms. The lowest BCUT2D eigenvalue weighted by atomic mass is 9.83. The predicted octanol–water partition coefficient (Wildman–Crippen LogP) is -0.441. The Hall–Kier alpha value is -1.21. The van der Waals surface area contributed by atoms with Crippen molar-refractivity contribution in [1.82, 2.24) is 0 Å². The molecule has 0 unspecified atom stereocenters. The zero-order valence-corrected chi connectivity index (χ0v) is 15.3. The molecular formula is C15H21NO8S2. The van der Waals surface area contributed by atoms with Crippen molar-refractivity contribution in [3.8, 4) is 0 Å². The van der Waals surface area contributed by atoms with Crippen LogP contribution in [-0.2, 0) is 21.1 Å². The minimum absolute atomic E-state index is 0.137. The zero-order chi connectivity index (χ0) is 19.3. The molecule has 5 N–H and O–H groups in total. The molecule has 1 aromatic rings. The van der Waals surface area contributed by atoms with Gasteiger partial charge in [0.05, 0.1) is 12.2 Å². The summed E-state index contributed by atoms with van der Waals surface area (Å²) in [7, 11) is -4.79. The quantitative estimate of drug-likeness (QED) is 0.182. The molecule has 1 fully saturated rings. The van der Waals surface area contributed by atoms with Gasteiger partial charge in [-0.25, -0.2) is 4.28 Å². The van der Waals surface area contributed by atoms with Crippen molar-refractivity contribution < 1.29 is 37.7 Å². The maximum absolute atomic E-state index is 10.8. The maximum atomic E-state index is 10.8. The first-order chi connectivity index (χ1) is 12.2. The van der Waals surface area contributed by atoms with Crippen LogP contribution in [0, 0.1) is 5.92 Å². The lowest BCUT2D eigenvalue weighted by Crippen LogP contribution is -2.53. The third-order valence-electron chi connectivity index (χ3n) is 4.05. The molecule has 0 saturated heterocycles. The average molecular weight is 407 g/mol. The minimum Gasteiger partial charge on any atom is -0.396 e. The van der Waals surface area contributed by atoms with E-state index in [0.29, 0.717) is 0 Å². The topological polar surface area (TPSA) is 157 Å². The number of hydrogen-bond acceptors (Lipinski definition) is 9. The molecule has 0 aromatic heterocycles. The lowest BCUT2D eigenvalue weighted by Gasteiger charge is -2.39. The highest BCUT2D eigenvalue weighted by Crippen LogP contribution is 2.34. The largest absolute Gasteiger partial charge is 0.466 e. The van der Waals surface area contributed by atoms with E-state index in [1.165, 1.54) is 0 Å². The number of oxime groups is 1. The average Bonchev–Trinajstić information content (AvgIpc) is 2.60. The van der Waals surface area contributed by atoms with Gasteiger partial charge in [-0.3, -0.25) is 4.55 Å². The normalized spacial score (nSPS) is 30.2. The van der Waals surface area contributed by atoms with E-state index in [1.807, 2.05) is 0 Å². The third kappa shape index (κ3) is 5.91. The molecule has 0 heterocycles. The first kappa shape index (κ1) is 21.1. The van der Waals surface area contributed by atoms with Crippen LogP contribution in [0.2, 0.25) is 0 Å². The summed E-state index contributed by atoms with van der Waals surface area (Å²) in [4.78, 5) is 0. The summed E-state index contributed by atoms with van der Waals surface area (Å²) < 4.78 is 34.4. The van der Waals surface area contributed by atoms with Crippen LogP contribution in [0.5, 0.6) is 0 Å². The summed E-state index contributed by atoms with van der Waals surface area (Å²) in [6.07, 6.45) is -3.72. The van der Waals surface area contributed by atoms with Crippen LogP contribution in [0.15, 0.2) is 35.5 Å². The number of thioether (sulfide) groups is 1. The number of hydrogen-bond donors (Lipinski definition) is 5. The van der Waals surface area contributed by atoms with Crippen molar-refractivity contribution >= 4 is 27.2 Å². The second-order valence-electron chi connectivity index (χ2n) is 5.96. The van der Waals surface area contributed by atoms with E-state index >= 15 is 0 Å². The molecule has 11 heteroatoms. The van der Waals surface area contributed by atoms with Gasteiger partial charge in [0.2, 0.25) is 0 Å². The molecule has 26 heavy (non-hydrogen) atoms. The molecule has 1 saturated carbocycles. The van der Waals surface area contributed by atoms with E-state index in [1.54, 1.807) is 30.3 Å². The van der Waals surface area contributed by atoms with Crippen LogP contribution in [0.3, 0.4) is 0 Å². The fourth-order valence-electron chi connectivity index (χ4n) is 2.71. The van der Waals surface area contributed by atoms with Crippen LogP contribution in [0.1, 0.15) is 12.0 Å². The fraction of sp³-hybridized carbons (Fsp3) is 0.533. The second-order valence-corrected chi connectivity index (χ2v) is 8.27. The molecular weight excluding hydrogens is 386 g/mol. The van der Waals surface area contributed by atoms with Crippen LogP contribution in [-0.4, -0.2) is 68.6 Å². The van der Waals surface area contributed by atoms with Crippen molar-refractivity contribution in [2.45, 2.75) is 36.4 Å². The molecule has 1 aromatic carbocycles. The lowest BCUT2D eigenvalue weighted by molar-refractivity contribution is -0.114. The van der Waals surface area contributed by atoms with Gasteiger partial charge in [0, 0.05) is 24.2 Å². The van der Waals surface area contributed by atoms with Crippen LogP contribution in [0.25, 0.3) is 0 Å². The van der Waals surface area contributed by atoms with Crippen LogP contribution < -0.4 is 0 Å². The van der Waals surface area contributed by atoms with Crippen LogP contribution >= 0.6 is 11.8 Å². The summed E-state index contributed by atoms with van der Waals surface area (Å²) in [5.41, 5.74) is 0.780.